The van der Waals surface area contributed by atoms with E-state index < -0.39 is 0 Å². The second-order valence-electron chi connectivity index (χ2n) is 3.90. The Morgan fingerprint density at radius 1 is 1.07 bits per heavy atom. The normalized spacial score (nSPS) is 11.8. The van der Waals surface area contributed by atoms with Crippen molar-refractivity contribution in [3.8, 4) is 0 Å². The number of unbranched alkanes of at least 4 members (excludes halogenated alkanes) is 5. The van der Waals surface area contributed by atoms with E-state index in [2.05, 4.69) is 11.9 Å². The van der Waals surface area contributed by atoms with Crippen LogP contribution in [-0.4, -0.2) is 31.5 Å². The molecule has 0 atom stereocenters. The van der Waals surface area contributed by atoms with Crippen molar-refractivity contribution in [3.05, 3.63) is 0 Å². The number of hydrogen-bond donors (Lipinski definition) is 1. The number of nitrogens with two attached hydrogens (primary N) is 1. The van der Waals surface area contributed by atoms with Crippen molar-refractivity contribution in [2.24, 2.45) is 10.7 Å². The molecule has 0 aromatic heterocycles. The van der Waals surface area contributed by atoms with E-state index in [1.54, 1.807) is 0 Å². The van der Waals surface area contributed by atoms with E-state index in [9.17, 15) is 0 Å². The van der Waals surface area contributed by atoms with Gasteiger partial charge in [-0.25, -0.2) is 0 Å². The van der Waals surface area contributed by atoms with Crippen LogP contribution in [0.4, 0.5) is 0 Å². The van der Waals surface area contributed by atoms with Crippen molar-refractivity contribution >= 4 is 5.96 Å². The van der Waals surface area contributed by atoms with Crippen LogP contribution in [0.3, 0.4) is 0 Å². The maximum Gasteiger partial charge on any atom is 0.190 e. The van der Waals surface area contributed by atoms with Crippen LogP contribution in [0.2, 0.25) is 0 Å². The molecule has 0 rings (SSSR count). The molecule has 3 nitrogen and oxygen atoms in total. The van der Waals surface area contributed by atoms with E-state index in [1.807, 2.05) is 19.0 Å². The van der Waals surface area contributed by atoms with E-state index in [-0.39, 0.29) is 0 Å². The van der Waals surface area contributed by atoms with Crippen LogP contribution in [0.25, 0.3) is 0 Å². The van der Waals surface area contributed by atoms with Crippen molar-refractivity contribution in [2.45, 2.75) is 45.4 Å². The van der Waals surface area contributed by atoms with Crippen molar-refractivity contribution in [3.63, 3.8) is 0 Å². The van der Waals surface area contributed by atoms with Crippen LogP contribution in [0, 0.1) is 0 Å². The summed E-state index contributed by atoms with van der Waals surface area (Å²) in [6.45, 7) is 3.11. The lowest BCUT2D eigenvalue weighted by atomic mass is 10.1. The lowest BCUT2D eigenvalue weighted by Crippen LogP contribution is -2.30. The summed E-state index contributed by atoms with van der Waals surface area (Å²) in [6, 6.07) is 0. The largest absolute Gasteiger partial charge is 0.370 e. The zero-order valence-corrected chi connectivity index (χ0v) is 9.92. The summed E-state index contributed by atoms with van der Waals surface area (Å²) < 4.78 is 0. The molecule has 0 heterocycles. The Morgan fingerprint density at radius 2 is 1.64 bits per heavy atom. The SMILES string of the molecule is CCCCCCCCN=C(N)N(C)C. The highest BCUT2D eigenvalue weighted by Crippen LogP contribution is 2.04. The molecule has 0 aromatic carbocycles. The van der Waals surface area contributed by atoms with E-state index in [4.69, 9.17) is 5.73 Å². The summed E-state index contributed by atoms with van der Waals surface area (Å²) in [5.41, 5.74) is 5.65. The maximum absolute atomic E-state index is 5.65. The summed E-state index contributed by atoms with van der Waals surface area (Å²) in [5.74, 6) is 0.638. The van der Waals surface area contributed by atoms with Gasteiger partial charge in [-0.15, -0.1) is 0 Å². The van der Waals surface area contributed by atoms with Crippen LogP contribution in [0.15, 0.2) is 4.99 Å². The molecule has 3 heteroatoms. The molecule has 0 saturated heterocycles. The summed E-state index contributed by atoms with van der Waals surface area (Å²) in [5, 5.41) is 0. The highest BCUT2D eigenvalue weighted by molar-refractivity contribution is 5.77. The van der Waals surface area contributed by atoms with Gasteiger partial charge >= 0.3 is 0 Å². The van der Waals surface area contributed by atoms with Crippen LogP contribution >= 0.6 is 0 Å². The number of nitrogens with zero attached hydrogens (tertiary/aromatic N) is 2. The lowest BCUT2D eigenvalue weighted by Gasteiger charge is -2.10. The lowest BCUT2D eigenvalue weighted by molar-refractivity contribution is 0.593. The van der Waals surface area contributed by atoms with Gasteiger partial charge in [-0.3, -0.25) is 4.99 Å². The average Bonchev–Trinajstić information content (AvgIpc) is 2.16. The van der Waals surface area contributed by atoms with Crippen molar-refractivity contribution < 1.29 is 0 Å². The van der Waals surface area contributed by atoms with Gasteiger partial charge in [0.15, 0.2) is 5.96 Å². The van der Waals surface area contributed by atoms with E-state index in [0.29, 0.717) is 5.96 Å². The fourth-order valence-corrected chi connectivity index (χ4v) is 1.23. The predicted octanol–water partition coefficient (Wildman–Crippen LogP) is 2.22. The Hall–Kier alpha value is -0.730. The molecule has 0 unspecified atom stereocenters. The number of guanidine groups is 1. The summed E-state index contributed by atoms with van der Waals surface area (Å²) in [4.78, 5) is 6.11. The Kier molecular flexibility index (Phi) is 8.39. The first-order valence-corrected chi connectivity index (χ1v) is 5.65. The number of hydrogen-bond acceptors (Lipinski definition) is 1. The molecule has 84 valence electrons. The van der Waals surface area contributed by atoms with E-state index >= 15 is 0 Å². The fourth-order valence-electron chi connectivity index (χ4n) is 1.23. The monoisotopic (exact) mass is 199 g/mol. The summed E-state index contributed by atoms with van der Waals surface area (Å²) in [6.07, 6.45) is 7.83. The molecule has 2 N–H and O–H groups in total. The first-order chi connectivity index (χ1) is 6.68. The summed E-state index contributed by atoms with van der Waals surface area (Å²) in [7, 11) is 3.83. The Labute approximate surface area is 88.4 Å². The average molecular weight is 199 g/mol. The molecule has 0 bridgehead atoms. The first kappa shape index (κ1) is 13.3. The van der Waals surface area contributed by atoms with Gasteiger partial charge in [0, 0.05) is 20.6 Å². The van der Waals surface area contributed by atoms with Gasteiger partial charge in [0.05, 0.1) is 0 Å². The molecular weight excluding hydrogens is 174 g/mol. The van der Waals surface area contributed by atoms with Gasteiger partial charge in [0.2, 0.25) is 0 Å². The minimum absolute atomic E-state index is 0.638. The molecular formula is C11H25N3. The zero-order valence-electron chi connectivity index (χ0n) is 9.92. The van der Waals surface area contributed by atoms with Gasteiger partial charge in [0.25, 0.3) is 0 Å². The molecule has 0 aliphatic rings. The van der Waals surface area contributed by atoms with Crippen molar-refractivity contribution in [1.29, 1.82) is 0 Å². The number of aliphatic imine (C=N–C) groups is 1. The van der Waals surface area contributed by atoms with Crippen LogP contribution in [0.5, 0.6) is 0 Å². The molecule has 0 spiro atoms. The van der Waals surface area contributed by atoms with Crippen molar-refractivity contribution in [1.82, 2.24) is 4.90 Å². The third-order valence-corrected chi connectivity index (χ3v) is 2.24. The second-order valence-corrected chi connectivity index (χ2v) is 3.90. The Bertz CT molecular complexity index is 153. The quantitative estimate of drug-likeness (QED) is 0.388. The van der Waals surface area contributed by atoms with E-state index in [1.165, 1.54) is 32.1 Å². The van der Waals surface area contributed by atoms with Crippen molar-refractivity contribution in [2.75, 3.05) is 20.6 Å². The second kappa shape index (κ2) is 8.85. The first-order valence-electron chi connectivity index (χ1n) is 5.65. The van der Waals surface area contributed by atoms with Crippen LogP contribution in [0.1, 0.15) is 45.4 Å². The predicted molar refractivity (Wildman–Crippen MR) is 63.6 cm³/mol. The molecule has 0 amide bonds. The third-order valence-electron chi connectivity index (χ3n) is 2.24. The smallest absolute Gasteiger partial charge is 0.190 e. The van der Waals surface area contributed by atoms with Crippen LogP contribution in [-0.2, 0) is 0 Å². The molecule has 0 fully saturated rings. The molecule has 0 saturated carbocycles. The van der Waals surface area contributed by atoms with Gasteiger partial charge in [-0.1, -0.05) is 39.0 Å². The molecule has 14 heavy (non-hydrogen) atoms. The highest BCUT2D eigenvalue weighted by Gasteiger charge is 1.93. The highest BCUT2D eigenvalue weighted by atomic mass is 15.2. The fraction of sp³-hybridized carbons (Fsp3) is 0.909. The minimum Gasteiger partial charge on any atom is -0.370 e. The number of rotatable bonds is 7. The maximum atomic E-state index is 5.65. The van der Waals surface area contributed by atoms with Gasteiger partial charge < -0.3 is 10.6 Å². The molecule has 0 aliphatic heterocycles. The standard InChI is InChI=1S/C11H25N3/c1-4-5-6-7-8-9-10-13-11(12)14(2)3/h4-10H2,1-3H3,(H2,12,13). The molecule has 0 aromatic rings. The van der Waals surface area contributed by atoms with Gasteiger partial charge in [-0.2, -0.15) is 0 Å². The molecule has 0 radical (unpaired) electrons. The Morgan fingerprint density at radius 3 is 2.21 bits per heavy atom. The topological polar surface area (TPSA) is 41.6 Å². The van der Waals surface area contributed by atoms with Gasteiger partial charge in [-0.05, 0) is 6.42 Å². The minimum atomic E-state index is 0.638. The Balaban J connectivity index is 3.24. The zero-order chi connectivity index (χ0) is 10.8. The summed E-state index contributed by atoms with van der Waals surface area (Å²) >= 11 is 0. The molecule has 0 aliphatic carbocycles. The third kappa shape index (κ3) is 7.90. The van der Waals surface area contributed by atoms with Gasteiger partial charge in [0.1, 0.15) is 0 Å². The van der Waals surface area contributed by atoms with Crippen LogP contribution < -0.4 is 5.73 Å². The van der Waals surface area contributed by atoms with E-state index in [0.717, 1.165) is 13.0 Å².